The highest BCUT2D eigenvalue weighted by Crippen LogP contribution is 2.15. The number of halogens is 3. The van der Waals surface area contributed by atoms with Crippen molar-refractivity contribution in [2.24, 2.45) is 5.92 Å². The molecule has 0 saturated carbocycles. The lowest BCUT2D eigenvalue weighted by atomic mass is 10.2. The minimum Gasteiger partial charge on any atom is -0.351 e. The lowest BCUT2D eigenvalue weighted by Gasteiger charge is -2.12. The quantitative estimate of drug-likeness (QED) is 0.819. The normalized spacial score (nSPS) is 12.3. The Morgan fingerprint density at radius 2 is 2.11 bits per heavy atom. The summed E-state index contributed by atoms with van der Waals surface area (Å²) in [5.41, 5.74) is 0.915. The van der Waals surface area contributed by atoms with Gasteiger partial charge in [-0.1, -0.05) is 13.8 Å². The first-order chi connectivity index (χ1) is 8.38. The van der Waals surface area contributed by atoms with Crippen molar-refractivity contribution < 1.29 is 17.9 Å². The molecule has 0 bridgehead atoms. The predicted molar refractivity (Wildman–Crippen MR) is 63.0 cm³/mol. The van der Waals surface area contributed by atoms with Crippen LogP contribution in [0.5, 0.6) is 0 Å². The molecule has 1 aromatic heterocycles. The van der Waals surface area contributed by atoms with Crippen molar-refractivity contribution in [3.05, 3.63) is 24.0 Å². The Bertz CT molecular complexity index is 347. The molecule has 0 radical (unpaired) electrons. The number of hydrogen-bond donors (Lipinski definition) is 1. The van der Waals surface area contributed by atoms with Crippen LogP contribution in [0, 0.1) is 5.92 Å². The highest BCUT2D eigenvalue weighted by atomic mass is 19.4. The first kappa shape index (κ1) is 15.0. The van der Waals surface area contributed by atoms with Crippen LogP contribution in [0.2, 0.25) is 0 Å². The number of rotatable bonds is 7. The second-order valence-corrected chi connectivity index (χ2v) is 4.59. The highest BCUT2D eigenvalue weighted by Gasteiger charge is 2.27. The number of aromatic nitrogens is 1. The minimum absolute atomic E-state index is 0.0782. The molecule has 0 aliphatic rings. The van der Waals surface area contributed by atoms with E-state index >= 15 is 0 Å². The Labute approximate surface area is 105 Å². The van der Waals surface area contributed by atoms with E-state index in [0.29, 0.717) is 12.5 Å². The molecule has 6 heteroatoms. The zero-order valence-electron chi connectivity index (χ0n) is 10.6. The number of hydrogen-bond acceptors (Lipinski definition) is 2. The van der Waals surface area contributed by atoms with E-state index in [-0.39, 0.29) is 6.73 Å². The number of nitrogens with zero attached hydrogens (tertiary/aromatic N) is 1. The fourth-order valence-electron chi connectivity index (χ4n) is 1.48. The van der Waals surface area contributed by atoms with Crippen LogP contribution in [0.15, 0.2) is 18.3 Å². The van der Waals surface area contributed by atoms with Crippen molar-refractivity contribution in [2.45, 2.75) is 33.3 Å². The third-order valence-electron chi connectivity index (χ3n) is 2.28. The maximum atomic E-state index is 11.9. The van der Waals surface area contributed by atoms with Crippen LogP contribution in [0.3, 0.4) is 0 Å². The third kappa shape index (κ3) is 6.07. The molecule has 0 aromatic carbocycles. The SMILES string of the molecule is CC(C)CNCc1cccn1COCC(F)(F)F. The van der Waals surface area contributed by atoms with Gasteiger partial charge in [-0.25, -0.2) is 0 Å². The number of ether oxygens (including phenoxy) is 1. The van der Waals surface area contributed by atoms with Crippen molar-refractivity contribution in [2.75, 3.05) is 13.2 Å². The van der Waals surface area contributed by atoms with E-state index in [2.05, 4.69) is 23.9 Å². The summed E-state index contributed by atoms with van der Waals surface area (Å²) in [6.07, 6.45) is -2.56. The molecular formula is C12H19F3N2O. The highest BCUT2D eigenvalue weighted by molar-refractivity contribution is 5.06. The summed E-state index contributed by atoms with van der Waals surface area (Å²) < 4.78 is 42.1. The van der Waals surface area contributed by atoms with Gasteiger partial charge in [-0.05, 0) is 24.6 Å². The third-order valence-corrected chi connectivity index (χ3v) is 2.28. The monoisotopic (exact) mass is 264 g/mol. The van der Waals surface area contributed by atoms with E-state index in [1.807, 2.05) is 6.07 Å². The fraction of sp³-hybridized carbons (Fsp3) is 0.667. The molecule has 0 spiro atoms. The second kappa shape index (κ2) is 6.80. The lowest BCUT2D eigenvalue weighted by Crippen LogP contribution is -2.22. The molecule has 104 valence electrons. The minimum atomic E-state index is -4.27. The van der Waals surface area contributed by atoms with Crippen LogP contribution < -0.4 is 5.32 Å². The summed E-state index contributed by atoms with van der Waals surface area (Å²) in [7, 11) is 0. The lowest BCUT2D eigenvalue weighted by molar-refractivity contribution is -0.182. The average molecular weight is 264 g/mol. The molecule has 0 atom stereocenters. The summed E-state index contributed by atoms with van der Waals surface area (Å²) in [5, 5.41) is 3.24. The smallest absolute Gasteiger partial charge is 0.351 e. The Morgan fingerprint density at radius 1 is 1.39 bits per heavy atom. The Morgan fingerprint density at radius 3 is 2.72 bits per heavy atom. The van der Waals surface area contributed by atoms with Gasteiger partial charge in [0.05, 0.1) is 0 Å². The molecule has 1 aromatic rings. The average Bonchev–Trinajstić information content (AvgIpc) is 2.63. The molecule has 0 saturated heterocycles. The molecule has 0 aliphatic heterocycles. The summed E-state index contributed by atoms with van der Waals surface area (Å²) in [6.45, 7) is 4.39. The summed E-state index contributed by atoms with van der Waals surface area (Å²) in [4.78, 5) is 0. The van der Waals surface area contributed by atoms with Gasteiger partial charge in [0, 0.05) is 18.4 Å². The Hall–Kier alpha value is -1.01. The first-order valence-electron chi connectivity index (χ1n) is 5.87. The van der Waals surface area contributed by atoms with E-state index in [1.54, 1.807) is 16.8 Å². The number of alkyl halides is 3. The van der Waals surface area contributed by atoms with Gasteiger partial charge in [-0.15, -0.1) is 0 Å². The van der Waals surface area contributed by atoms with Crippen molar-refractivity contribution in [3.63, 3.8) is 0 Å². The molecule has 1 heterocycles. The van der Waals surface area contributed by atoms with E-state index < -0.39 is 12.8 Å². The van der Waals surface area contributed by atoms with Gasteiger partial charge in [-0.2, -0.15) is 13.2 Å². The summed E-state index contributed by atoms with van der Waals surface area (Å²) >= 11 is 0. The van der Waals surface area contributed by atoms with Crippen LogP contribution in [0.25, 0.3) is 0 Å². The van der Waals surface area contributed by atoms with Gasteiger partial charge in [0.1, 0.15) is 13.3 Å². The van der Waals surface area contributed by atoms with Gasteiger partial charge in [0.15, 0.2) is 0 Å². The maximum Gasteiger partial charge on any atom is 0.411 e. The van der Waals surface area contributed by atoms with Crippen LogP contribution in [0.1, 0.15) is 19.5 Å². The topological polar surface area (TPSA) is 26.2 Å². The van der Waals surface area contributed by atoms with Crippen LogP contribution >= 0.6 is 0 Å². The van der Waals surface area contributed by atoms with Gasteiger partial charge in [0.25, 0.3) is 0 Å². The van der Waals surface area contributed by atoms with E-state index in [1.165, 1.54) is 0 Å². The van der Waals surface area contributed by atoms with Crippen LogP contribution in [0.4, 0.5) is 13.2 Å². The van der Waals surface area contributed by atoms with Crippen LogP contribution in [-0.4, -0.2) is 23.9 Å². The largest absolute Gasteiger partial charge is 0.411 e. The van der Waals surface area contributed by atoms with E-state index in [9.17, 15) is 13.2 Å². The summed E-state index contributed by atoms with van der Waals surface area (Å²) in [6, 6.07) is 3.66. The van der Waals surface area contributed by atoms with Gasteiger partial charge in [0.2, 0.25) is 0 Å². The standard InChI is InChI=1S/C12H19F3N2O/c1-10(2)6-16-7-11-4-3-5-17(11)9-18-8-12(13,14)15/h3-5,10,16H,6-9H2,1-2H3. The predicted octanol–water partition coefficient (Wildman–Crippen LogP) is 2.77. The Kier molecular flexibility index (Phi) is 5.68. The molecule has 0 unspecified atom stereocenters. The molecule has 0 amide bonds. The maximum absolute atomic E-state index is 11.9. The van der Waals surface area contributed by atoms with Crippen LogP contribution in [-0.2, 0) is 18.0 Å². The summed E-state index contributed by atoms with van der Waals surface area (Å²) in [5.74, 6) is 0.537. The van der Waals surface area contributed by atoms with Crippen molar-refractivity contribution in [1.82, 2.24) is 9.88 Å². The van der Waals surface area contributed by atoms with Gasteiger partial charge < -0.3 is 14.6 Å². The van der Waals surface area contributed by atoms with Gasteiger partial charge >= 0.3 is 6.18 Å². The van der Waals surface area contributed by atoms with Crippen molar-refractivity contribution in [3.8, 4) is 0 Å². The molecule has 0 aliphatic carbocycles. The molecule has 0 fully saturated rings. The molecular weight excluding hydrogens is 245 g/mol. The van der Waals surface area contributed by atoms with Gasteiger partial charge in [-0.3, -0.25) is 0 Å². The molecule has 1 N–H and O–H groups in total. The Balaban J connectivity index is 2.35. The van der Waals surface area contributed by atoms with Crippen molar-refractivity contribution in [1.29, 1.82) is 0 Å². The van der Waals surface area contributed by atoms with Crippen molar-refractivity contribution >= 4 is 0 Å². The molecule has 1 rings (SSSR count). The van der Waals surface area contributed by atoms with E-state index in [0.717, 1.165) is 12.2 Å². The molecule has 3 nitrogen and oxygen atoms in total. The first-order valence-corrected chi connectivity index (χ1v) is 5.87. The number of nitrogens with one attached hydrogen (secondary N) is 1. The molecule has 18 heavy (non-hydrogen) atoms. The second-order valence-electron chi connectivity index (χ2n) is 4.59. The zero-order valence-corrected chi connectivity index (χ0v) is 10.6. The fourth-order valence-corrected chi connectivity index (χ4v) is 1.48. The van der Waals surface area contributed by atoms with E-state index in [4.69, 9.17) is 0 Å². The zero-order chi connectivity index (χ0) is 13.6.